The van der Waals surface area contributed by atoms with E-state index in [1.54, 1.807) is 7.11 Å². The molecule has 0 aliphatic rings. The van der Waals surface area contributed by atoms with Crippen molar-refractivity contribution in [1.29, 1.82) is 0 Å². The summed E-state index contributed by atoms with van der Waals surface area (Å²) in [7, 11) is 1.70. The van der Waals surface area contributed by atoms with Crippen LogP contribution in [0, 0.1) is 0 Å². The number of hydrogen-bond donors (Lipinski definition) is 1. The summed E-state index contributed by atoms with van der Waals surface area (Å²) in [5, 5.41) is 0. The highest BCUT2D eigenvalue weighted by Gasteiger charge is 2.24. The molecule has 2 nitrogen and oxygen atoms in total. The quantitative estimate of drug-likeness (QED) is 0.914. The van der Waals surface area contributed by atoms with E-state index < -0.39 is 0 Å². The van der Waals surface area contributed by atoms with Gasteiger partial charge in [-0.2, -0.15) is 0 Å². The molecule has 0 amide bonds. The first-order valence-electron chi connectivity index (χ1n) is 5.06. The molecule has 3 heteroatoms. The van der Waals surface area contributed by atoms with Crippen molar-refractivity contribution >= 4 is 15.9 Å². The minimum absolute atomic E-state index is 0.0455. The Morgan fingerprint density at radius 3 is 2.60 bits per heavy atom. The lowest BCUT2D eigenvalue weighted by Crippen LogP contribution is -2.22. The van der Waals surface area contributed by atoms with E-state index in [2.05, 4.69) is 35.8 Å². The fourth-order valence-corrected chi connectivity index (χ4v) is 2.27. The summed E-state index contributed by atoms with van der Waals surface area (Å²) in [6.45, 7) is 5.05. The summed E-state index contributed by atoms with van der Waals surface area (Å²) in [6.07, 6.45) is 0.944. The van der Waals surface area contributed by atoms with Crippen molar-refractivity contribution in [2.24, 2.45) is 5.73 Å². The van der Waals surface area contributed by atoms with Gasteiger partial charge in [-0.3, -0.25) is 0 Å². The second kappa shape index (κ2) is 4.99. The molecule has 0 aliphatic carbocycles. The fraction of sp³-hybridized carbons (Fsp3) is 0.500. The summed E-state index contributed by atoms with van der Waals surface area (Å²) in [5.41, 5.74) is 6.87. The number of ether oxygens (including phenoxy) is 1. The first-order chi connectivity index (χ1) is 7.03. The van der Waals surface area contributed by atoms with Gasteiger partial charge in [0.15, 0.2) is 0 Å². The molecule has 1 aromatic carbocycles. The lowest BCUT2D eigenvalue weighted by atomic mass is 9.81. The molecule has 0 aliphatic heterocycles. The van der Waals surface area contributed by atoms with Crippen molar-refractivity contribution in [1.82, 2.24) is 0 Å². The summed E-state index contributed by atoms with van der Waals surface area (Å²) < 4.78 is 6.41. The van der Waals surface area contributed by atoms with Crippen molar-refractivity contribution in [2.75, 3.05) is 13.7 Å². The molecule has 0 fully saturated rings. The van der Waals surface area contributed by atoms with E-state index in [1.165, 1.54) is 5.56 Å². The summed E-state index contributed by atoms with van der Waals surface area (Å²) >= 11 is 3.49. The molecule has 0 atom stereocenters. The van der Waals surface area contributed by atoms with Gasteiger partial charge in [0.1, 0.15) is 5.75 Å². The third kappa shape index (κ3) is 2.73. The molecule has 0 spiro atoms. The first kappa shape index (κ1) is 12.5. The Balaban J connectivity index is 3.18. The Morgan fingerprint density at radius 2 is 2.07 bits per heavy atom. The molecular formula is C12H18BrNO. The Morgan fingerprint density at radius 1 is 1.40 bits per heavy atom. The minimum atomic E-state index is 0.0455. The van der Waals surface area contributed by atoms with Crippen LogP contribution in [0.25, 0.3) is 0 Å². The van der Waals surface area contributed by atoms with E-state index in [1.807, 2.05) is 12.1 Å². The molecule has 0 heterocycles. The number of hydrogen-bond acceptors (Lipinski definition) is 2. The summed E-state index contributed by atoms with van der Waals surface area (Å²) in [6, 6.07) is 6.11. The smallest absolute Gasteiger partial charge is 0.136 e. The van der Waals surface area contributed by atoms with Gasteiger partial charge in [0.25, 0.3) is 0 Å². The fourth-order valence-electron chi connectivity index (χ4n) is 1.74. The van der Waals surface area contributed by atoms with Crippen molar-refractivity contribution in [3.05, 3.63) is 28.2 Å². The van der Waals surface area contributed by atoms with Crippen LogP contribution in [0.2, 0.25) is 0 Å². The van der Waals surface area contributed by atoms with Gasteiger partial charge in [0, 0.05) is 5.56 Å². The first-order valence-corrected chi connectivity index (χ1v) is 5.85. The zero-order valence-electron chi connectivity index (χ0n) is 9.51. The van der Waals surface area contributed by atoms with Crippen LogP contribution in [0.3, 0.4) is 0 Å². The van der Waals surface area contributed by atoms with Crippen molar-refractivity contribution in [3.63, 3.8) is 0 Å². The zero-order chi connectivity index (χ0) is 11.5. The average Bonchev–Trinajstić information content (AvgIpc) is 2.17. The van der Waals surface area contributed by atoms with Crippen molar-refractivity contribution < 1.29 is 4.74 Å². The van der Waals surface area contributed by atoms with E-state index in [0.29, 0.717) is 6.54 Å². The van der Waals surface area contributed by atoms with Crippen LogP contribution < -0.4 is 10.5 Å². The number of rotatable bonds is 4. The summed E-state index contributed by atoms with van der Waals surface area (Å²) in [5.74, 6) is 0.913. The summed E-state index contributed by atoms with van der Waals surface area (Å²) in [4.78, 5) is 0. The standard InChI is InChI=1S/C12H18BrNO/c1-12(2,7-8-14)9-5-4-6-10(13)11(9)15-3/h4-6H,7-8,14H2,1-3H3. The molecule has 0 unspecified atom stereocenters. The van der Waals surface area contributed by atoms with Crippen molar-refractivity contribution in [3.8, 4) is 5.75 Å². The molecule has 1 rings (SSSR count). The van der Waals surface area contributed by atoms with E-state index in [0.717, 1.165) is 16.6 Å². The third-order valence-electron chi connectivity index (χ3n) is 2.67. The monoisotopic (exact) mass is 271 g/mol. The van der Waals surface area contributed by atoms with Gasteiger partial charge in [-0.1, -0.05) is 26.0 Å². The number of para-hydroxylation sites is 1. The lowest BCUT2D eigenvalue weighted by Gasteiger charge is -2.27. The van der Waals surface area contributed by atoms with Gasteiger partial charge >= 0.3 is 0 Å². The lowest BCUT2D eigenvalue weighted by molar-refractivity contribution is 0.384. The Labute approximate surface area is 99.9 Å². The molecule has 2 N–H and O–H groups in total. The van der Waals surface area contributed by atoms with E-state index in [9.17, 15) is 0 Å². The molecule has 0 aromatic heterocycles. The highest BCUT2D eigenvalue weighted by Crippen LogP contribution is 2.38. The predicted octanol–water partition coefficient (Wildman–Crippen LogP) is 3.08. The van der Waals surface area contributed by atoms with Crippen LogP contribution in [0.15, 0.2) is 22.7 Å². The minimum Gasteiger partial charge on any atom is -0.495 e. The number of methoxy groups -OCH3 is 1. The maximum absolute atomic E-state index is 5.63. The molecule has 0 bridgehead atoms. The molecule has 0 saturated carbocycles. The Bertz CT molecular complexity index is 336. The van der Waals surface area contributed by atoms with E-state index >= 15 is 0 Å². The van der Waals surface area contributed by atoms with Gasteiger partial charge in [-0.15, -0.1) is 0 Å². The van der Waals surface area contributed by atoms with Gasteiger partial charge in [-0.05, 0) is 40.4 Å². The van der Waals surface area contributed by atoms with E-state index in [4.69, 9.17) is 10.5 Å². The maximum Gasteiger partial charge on any atom is 0.136 e. The maximum atomic E-state index is 5.63. The van der Waals surface area contributed by atoms with Crippen LogP contribution >= 0.6 is 15.9 Å². The number of nitrogens with two attached hydrogens (primary N) is 1. The van der Waals surface area contributed by atoms with Gasteiger partial charge in [-0.25, -0.2) is 0 Å². The van der Waals surface area contributed by atoms with Crippen LogP contribution in [0.5, 0.6) is 5.75 Å². The van der Waals surface area contributed by atoms with Crippen LogP contribution in [0.1, 0.15) is 25.8 Å². The number of benzene rings is 1. The molecule has 0 radical (unpaired) electrons. The zero-order valence-corrected chi connectivity index (χ0v) is 11.1. The van der Waals surface area contributed by atoms with Crippen LogP contribution in [0.4, 0.5) is 0 Å². The largest absolute Gasteiger partial charge is 0.495 e. The molecular weight excluding hydrogens is 254 g/mol. The molecule has 15 heavy (non-hydrogen) atoms. The number of halogens is 1. The Hall–Kier alpha value is -0.540. The van der Waals surface area contributed by atoms with Crippen LogP contribution in [-0.4, -0.2) is 13.7 Å². The Kier molecular flexibility index (Phi) is 4.17. The highest BCUT2D eigenvalue weighted by atomic mass is 79.9. The second-order valence-electron chi connectivity index (χ2n) is 4.24. The molecule has 84 valence electrons. The van der Waals surface area contributed by atoms with Gasteiger partial charge in [0.05, 0.1) is 11.6 Å². The average molecular weight is 272 g/mol. The van der Waals surface area contributed by atoms with Crippen LogP contribution in [-0.2, 0) is 5.41 Å². The van der Waals surface area contributed by atoms with Crippen molar-refractivity contribution in [2.45, 2.75) is 25.7 Å². The van der Waals surface area contributed by atoms with Gasteiger partial charge in [0.2, 0.25) is 0 Å². The third-order valence-corrected chi connectivity index (χ3v) is 3.29. The van der Waals surface area contributed by atoms with E-state index in [-0.39, 0.29) is 5.41 Å². The van der Waals surface area contributed by atoms with Gasteiger partial charge < -0.3 is 10.5 Å². The molecule has 0 saturated heterocycles. The predicted molar refractivity (Wildman–Crippen MR) is 67.4 cm³/mol. The highest BCUT2D eigenvalue weighted by molar-refractivity contribution is 9.10. The second-order valence-corrected chi connectivity index (χ2v) is 5.10. The normalized spacial score (nSPS) is 11.5. The topological polar surface area (TPSA) is 35.2 Å². The SMILES string of the molecule is COc1c(Br)cccc1C(C)(C)CCN. The molecule has 1 aromatic rings.